The van der Waals surface area contributed by atoms with E-state index in [9.17, 15) is 27.6 Å². The molecule has 0 aromatic rings. The molecule has 0 aromatic carbocycles. The highest BCUT2D eigenvalue weighted by molar-refractivity contribution is 6.08. The molecule has 0 aliphatic carbocycles. The summed E-state index contributed by atoms with van der Waals surface area (Å²) in [5, 5.41) is 0. The van der Waals surface area contributed by atoms with Crippen molar-refractivity contribution in [1.82, 2.24) is 14.7 Å². The SMILES string of the molecule is CO[C@@H]1C[C@@H]2C(=O)N([C@@H]3CCN(CC(F)(F)F)C3=O)C(=O)N2C1. The first-order valence-corrected chi connectivity index (χ1v) is 7.25. The second kappa shape index (κ2) is 5.36. The van der Waals surface area contributed by atoms with E-state index in [-0.39, 0.29) is 25.6 Å². The second-order valence-corrected chi connectivity index (χ2v) is 5.93. The monoisotopic (exact) mass is 335 g/mol. The summed E-state index contributed by atoms with van der Waals surface area (Å²) in [6, 6.07) is -2.44. The van der Waals surface area contributed by atoms with Crippen LogP contribution in [0.2, 0.25) is 0 Å². The van der Waals surface area contributed by atoms with Gasteiger partial charge in [-0.3, -0.25) is 9.59 Å². The maximum absolute atomic E-state index is 12.4. The number of urea groups is 1. The van der Waals surface area contributed by atoms with Crippen LogP contribution < -0.4 is 0 Å². The molecule has 3 rings (SSSR count). The van der Waals surface area contributed by atoms with E-state index in [1.807, 2.05) is 0 Å². The van der Waals surface area contributed by atoms with Gasteiger partial charge >= 0.3 is 12.2 Å². The topological polar surface area (TPSA) is 70.2 Å². The quantitative estimate of drug-likeness (QED) is 0.691. The number of fused-ring (bicyclic) bond motifs is 1. The van der Waals surface area contributed by atoms with Gasteiger partial charge < -0.3 is 14.5 Å². The van der Waals surface area contributed by atoms with Gasteiger partial charge in [0.15, 0.2) is 0 Å². The third-order valence-electron chi connectivity index (χ3n) is 4.52. The molecule has 3 aliphatic heterocycles. The van der Waals surface area contributed by atoms with Gasteiger partial charge in [0, 0.05) is 26.6 Å². The number of amides is 4. The van der Waals surface area contributed by atoms with Crippen molar-refractivity contribution < 1.29 is 32.3 Å². The Morgan fingerprint density at radius 1 is 1.17 bits per heavy atom. The highest BCUT2D eigenvalue weighted by Gasteiger charge is 2.55. The summed E-state index contributed by atoms with van der Waals surface area (Å²) in [6.07, 6.45) is -4.38. The van der Waals surface area contributed by atoms with E-state index in [2.05, 4.69) is 0 Å². The summed E-state index contributed by atoms with van der Waals surface area (Å²) in [4.78, 5) is 39.7. The Kier molecular flexibility index (Phi) is 3.74. The molecule has 0 aromatic heterocycles. The van der Waals surface area contributed by atoms with Crippen LogP contribution in [-0.2, 0) is 14.3 Å². The number of halogens is 3. The molecule has 0 saturated carbocycles. The number of imide groups is 1. The summed E-state index contributed by atoms with van der Waals surface area (Å²) < 4.78 is 42.5. The fraction of sp³-hybridized carbons (Fsp3) is 0.769. The molecule has 7 nitrogen and oxygen atoms in total. The number of ether oxygens (including phenoxy) is 1. The van der Waals surface area contributed by atoms with Crippen LogP contribution in [0.3, 0.4) is 0 Å². The third kappa shape index (κ3) is 2.64. The number of alkyl halides is 3. The molecule has 3 heterocycles. The van der Waals surface area contributed by atoms with Crippen LogP contribution >= 0.6 is 0 Å². The number of carbonyl (C=O) groups is 3. The van der Waals surface area contributed by atoms with Crippen molar-refractivity contribution in [2.24, 2.45) is 0 Å². The van der Waals surface area contributed by atoms with Crippen molar-refractivity contribution in [3.63, 3.8) is 0 Å². The first-order valence-electron chi connectivity index (χ1n) is 7.25. The Morgan fingerprint density at radius 3 is 2.43 bits per heavy atom. The van der Waals surface area contributed by atoms with E-state index in [1.165, 1.54) is 12.0 Å². The molecule has 3 saturated heterocycles. The lowest BCUT2D eigenvalue weighted by atomic mass is 10.1. The Bertz CT molecular complexity index is 529. The Morgan fingerprint density at radius 2 is 1.87 bits per heavy atom. The van der Waals surface area contributed by atoms with E-state index in [4.69, 9.17) is 4.74 Å². The average molecular weight is 335 g/mol. The molecule has 3 atom stereocenters. The van der Waals surface area contributed by atoms with E-state index >= 15 is 0 Å². The lowest BCUT2D eigenvalue weighted by molar-refractivity contribution is -0.159. The number of methoxy groups -OCH3 is 1. The summed E-state index contributed by atoms with van der Waals surface area (Å²) in [5.41, 5.74) is 0. The Balaban J connectivity index is 1.73. The summed E-state index contributed by atoms with van der Waals surface area (Å²) in [7, 11) is 1.48. The fourth-order valence-corrected chi connectivity index (χ4v) is 3.43. The van der Waals surface area contributed by atoms with Crippen LogP contribution in [0.15, 0.2) is 0 Å². The minimum absolute atomic E-state index is 0.0284. The van der Waals surface area contributed by atoms with Crippen molar-refractivity contribution >= 4 is 17.8 Å². The number of carbonyl (C=O) groups excluding carboxylic acids is 3. The number of hydrogen-bond acceptors (Lipinski definition) is 4. The Labute approximate surface area is 129 Å². The molecule has 23 heavy (non-hydrogen) atoms. The zero-order chi connectivity index (χ0) is 16.9. The minimum atomic E-state index is -4.50. The van der Waals surface area contributed by atoms with Crippen molar-refractivity contribution in [3.8, 4) is 0 Å². The van der Waals surface area contributed by atoms with Crippen molar-refractivity contribution in [2.75, 3.05) is 26.7 Å². The van der Waals surface area contributed by atoms with Crippen LogP contribution in [0.1, 0.15) is 12.8 Å². The highest BCUT2D eigenvalue weighted by Crippen LogP contribution is 2.33. The maximum Gasteiger partial charge on any atom is 0.406 e. The summed E-state index contributed by atoms with van der Waals surface area (Å²) in [5.74, 6) is -1.35. The Hall–Kier alpha value is -1.84. The van der Waals surface area contributed by atoms with Crippen molar-refractivity contribution in [2.45, 2.75) is 37.2 Å². The molecule has 0 bridgehead atoms. The number of likely N-dealkylation sites (tertiary alicyclic amines) is 1. The molecule has 0 unspecified atom stereocenters. The standard InChI is InChI=1S/C13H16F3N3O4/c1-23-7-4-9-11(21)19(12(22)18(9)5-7)8-2-3-17(10(8)20)6-13(14,15)16/h7-9H,2-6H2,1H3/t7-,8-,9-/m1/s1. The molecule has 0 spiro atoms. The van der Waals surface area contributed by atoms with Gasteiger partial charge in [-0.2, -0.15) is 13.2 Å². The summed E-state index contributed by atoms with van der Waals surface area (Å²) >= 11 is 0. The molecule has 128 valence electrons. The first kappa shape index (κ1) is 16.0. The highest BCUT2D eigenvalue weighted by atomic mass is 19.4. The first-order chi connectivity index (χ1) is 10.7. The van der Waals surface area contributed by atoms with Crippen molar-refractivity contribution in [3.05, 3.63) is 0 Å². The van der Waals surface area contributed by atoms with Crippen LogP contribution in [-0.4, -0.2) is 83.7 Å². The van der Waals surface area contributed by atoms with E-state index in [0.717, 1.165) is 4.90 Å². The molecular weight excluding hydrogens is 319 g/mol. The third-order valence-corrected chi connectivity index (χ3v) is 4.52. The van der Waals surface area contributed by atoms with Crippen LogP contribution in [0.25, 0.3) is 0 Å². The van der Waals surface area contributed by atoms with Gasteiger partial charge in [-0.15, -0.1) is 0 Å². The van der Waals surface area contributed by atoms with Gasteiger partial charge in [0.2, 0.25) is 5.91 Å². The van der Waals surface area contributed by atoms with Crippen LogP contribution in [0.5, 0.6) is 0 Å². The number of hydrogen-bond donors (Lipinski definition) is 0. The molecule has 3 fully saturated rings. The van der Waals surface area contributed by atoms with Gasteiger partial charge in [-0.25, -0.2) is 9.69 Å². The minimum Gasteiger partial charge on any atom is -0.380 e. The predicted molar refractivity (Wildman–Crippen MR) is 69.2 cm³/mol. The van der Waals surface area contributed by atoms with Gasteiger partial charge in [0.05, 0.1) is 6.10 Å². The van der Waals surface area contributed by atoms with E-state index < -0.39 is 42.7 Å². The largest absolute Gasteiger partial charge is 0.406 e. The smallest absolute Gasteiger partial charge is 0.380 e. The average Bonchev–Trinajstić information content (AvgIpc) is 3.09. The van der Waals surface area contributed by atoms with E-state index in [1.54, 1.807) is 0 Å². The normalized spacial score (nSPS) is 31.6. The zero-order valence-electron chi connectivity index (χ0n) is 12.4. The molecular formula is C13H16F3N3O4. The molecule has 0 N–H and O–H groups in total. The molecule has 4 amide bonds. The maximum atomic E-state index is 12.4. The van der Waals surface area contributed by atoms with Gasteiger partial charge in [0.1, 0.15) is 18.6 Å². The second-order valence-electron chi connectivity index (χ2n) is 5.93. The van der Waals surface area contributed by atoms with Crippen LogP contribution in [0.4, 0.5) is 18.0 Å². The summed E-state index contributed by atoms with van der Waals surface area (Å²) in [6.45, 7) is -1.24. The van der Waals surface area contributed by atoms with Crippen molar-refractivity contribution in [1.29, 1.82) is 0 Å². The van der Waals surface area contributed by atoms with E-state index in [0.29, 0.717) is 11.3 Å². The lowest BCUT2D eigenvalue weighted by Crippen LogP contribution is -2.48. The molecule has 0 radical (unpaired) electrons. The number of nitrogens with zero attached hydrogens (tertiary/aromatic N) is 3. The molecule has 3 aliphatic rings. The number of rotatable bonds is 3. The van der Waals surface area contributed by atoms with Gasteiger partial charge in [0.25, 0.3) is 5.91 Å². The lowest BCUT2D eigenvalue weighted by Gasteiger charge is -2.23. The fourth-order valence-electron chi connectivity index (χ4n) is 3.43. The molecule has 10 heteroatoms. The zero-order valence-corrected chi connectivity index (χ0v) is 12.4. The van der Waals surface area contributed by atoms with Gasteiger partial charge in [-0.1, -0.05) is 0 Å². The van der Waals surface area contributed by atoms with Gasteiger partial charge in [-0.05, 0) is 6.42 Å². The van der Waals surface area contributed by atoms with Crippen LogP contribution in [0, 0.1) is 0 Å². The predicted octanol–water partition coefficient (Wildman–Crippen LogP) is 0.201.